The molecule has 1 N–H and O–H groups in total. The summed E-state index contributed by atoms with van der Waals surface area (Å²) in [6.45, 7) is 4.74. The third kappa shape index (κ3) is 4.84. The number of carbonyl (C=O) groups excluding carboxylic acids is 2. The lowest BCUT2D eigenvalue weighted by Gasteiger charge is -2.36. The number of hydrogen-bond acceptors (Lipinski definition) is 6. The molecular formula is C20H28N6O2S. The molecule has 1 saturated carbocycles. The van der Waals surface area contributed by atoms with E-state index in [1.807, 2.05) is 18.1 Å². The van der Waals surface area contributed by atoms with E-state index in [1.165, 1.54) is 24.2 Å². The Bertz CT molecular complexity index is 849. The highest BCUT2D eigenvalue weighted by atomic mass is 32.1. The molecule has 2 fully saturated rings. The van der Waals surface area contributed by atoms with E-state index in [2.05, 4.69) is 20.3 Å². The standard InChI is InChI=1S/C20H28N6O2S/c1-24-14-16(12-23-24)19-22-13-17(29-19)18(27)21-6-7-25-8-10-26(11-9-25)20(28)15-4-2-3-5-15/h12-15H,2-11H2,1H3,(H,21,27). The summed E-state index contributed by atoms with van der Waals surface area (Å²) in [5.74, 6) is 0.523. The number of thiazole rings is 1. The van der Waals surface area contributed by atoms with E-state index < -0.39 is 0 Å². The van der Waals surface area contributed by atoms with Gasteiger partial charge in [-0.15, -0.1) is 11.3 Å². The Morgan fingerprint density at radius 2 is 1.93 bits per heavy atom. The van der Waals surface area contributed by atoms with Gasteiger partial charge in [-0.25, -0.2) is 4.98 Å². The minimum Gasteiger partial charge on any atom is -0.350 e. The van der Waals surface area contributed by atoms with Crippen LogP contribution in [0.5, 0.6) is 0 Å². The van der Waals surface area contributed by atoms with Gasteiger partial charge in [-0.1, -0.05) is 12.8 Å². The summed E-state index contributed by atoms with van der Waals surface area (Å²) in [6.07, 6.45) is 9.76. The molecule has 9 heteroatoms. The molecule has 8 nitrogen and oxygen atoms in total. The maximum Gasteiger partial charge on any atom is 0.263 e. The van der Waals surface area contributed by atoms with Crippen molar-refractivity contribution in [2.24, 2.45) is 13.0 Å². The molecule has 2 aromatic rings. The van der Waals surface area contributed by atoms with Gasteiger partial charge in [0.15, 0.2) is 0 Å². The number of aromatic nitrogens is 3. The van der Waals surface area contributed by atoms with E-state index in [4.69, 9.17) is 0 Å². The van der Waals surface area contributed by atoms with Crippen molar-refractivity contribution in [3.05, 3.63) is 23.5 Å². The van der Waals surface area contributed by atoms with Crippen molar-refractivity contribution in [1.82, 2.24) is 29.9 Å². The molecule has 2 aromatic heterocycles. The molecule has 0 atom stereocenters. The highest BCUT2D eigenvalue weighted by Gasteiger charge is 2.29. The number of nitrogens with zero attached hydrogens (tertiary/aromatic N) is 5. The van der Waals surface area contributed by atoms with Crippen LogP contribution >= 0.6 is 11.3 Å². The Kier molecular flexibility index (Phi) is 6.25. The van der Waals surface area contributed by atoms with E-state index in [0.717, 1.165) is 56.1 Å². The smallest absolute Gasteiger partial charge is 0.263 e. The molecule has 0 radical (unpaired) electrons. The molecule has 2 aliphatic rings. The summed E-state index contributed by atoms with van der Waals surface area (Å²) in [5.41, 5.74) is 0.918. The zero-order valence-electron chi connectivity index (χ0n) is 16.8. The van der Waals surface area contributed by atoms with Gasteiger partial charge in [-0.2, -0.15) is 5.10 Å². The second-order valence-corrected chi connectivity index (χ2v) is 8.87. The Morgan fingerprint density at radius 3 is 2.62 bits per heavy atom. The average Bonchev–Trinajstić information content (AvgIpc) is 3.49. The molecule has 1 saturated heterocycles. The van der Waals surface area contributed by atoms with E-state index >= 15 is 0 Å². The topological polar surface area (TPSA) is 83.4 Å². The first-order valence-corrected chi connectivity index (χ1v) is 11.2. The summed E-state index contributed by atoms with van der Waals surface area (Å²) < 4.78 is 1.72. The number of carbonyl (C=O) groups is 2. The third-order valence-corrected chi connectivity index (χ3v) is 6.83. The second-order valence-electron chi connectivity index (χ2n) is 7.84. The quantitative estimate of drug-likeness (QED) is 0.774. The average molecular weight is 417 g/mol. The fraction of sp³-hybridized carbons (Fsp3) is 0.600. The van der Waals surface area contributed by atoms with Crippen LogP contribution in [-0.4, -0.2) is 75.6 Å². The minimum absolute atomic E-state index is 0.0901. The number of amides is 2. The zero-order valence-corrected chi connectivity index (χ0v) is 17.7. The van der Waals surface area contributed by atoms with Gasteiger partial charge in [-0.3, -0.25) is 19.2 Å². The van der Waals surface area contributed by atoms with Crippen LogP contribution < -0.4 is 5.32 Å². The van der Waals surface area contributed by atoms with E-state index in [1.54, 1.807) is 17.1 Å². The molecule has 29 heavy (non-hydrogen) atoms. The number of aryl methyl sites for hydroxylation is 1. The lowest BCUT2D eigenvalue weighted by molar-refractivity contribution is -0.137. The Labute approximate surface area is 174 Å². The van der Waals surface area contributed by atoms with Crippen molar-refractivity contribution in [2.75, 3.05) is 39.3 Å². The monoisotopic (exact) mass is 416 g/mol. The molecule has 1 aliphatic carbocycles. The van der Waals surface area contributed by atoms with Crippen molar-refractivity contribution < 1.29 is 9.59 Å². The van der Waals surface area contributed by atoms with Gasteiger partial charge in [0.1, 0.15) is 9.88 Å². The maximum atomic E-state index is 12.5. The van der Waals surface area contributed by atoms with Gasteiger partial charge < -0.3 is 10.2 Å². The summed E-state index contributed by atoms with van der Waals surface area (Å²) >= 11 is 1.37. The first-order valence-electron chi connectivity index (χ1n) is 10.3. The largest absolute Gasteiger partial charge is 0.350 e. The van der Waals surface area contributed by atoms with Gasteiger partial charge >= 0.3 is 0 Å². The van der Waals surface area contributed by atoms with Crippen molar-refractivity contribution in [3.8, 4) is 10.6 Å². The zero-order chi connectivity index (χ0) is 20.2. The molecular weight excluding hydrogens is 388 g/mol. The van der Waals surface area contributed by atoms with Crippen molar-refractivity contribution in [3.63, 3.8) is 0 Å². The molecule has 0 bridgehead atoms. The minimum atomic E-state index is -0.0901. The fourth-order valence-corrected chi connectivity index (χ4v) is 4.89. The molecule has 0 unspecified atom stereocenters. The van der Waals surface area contributed by atoms with Crippen LogP contribution in [0.1, 0.15) is 35.4 Å². The molecule has 1 aliphatic heterocycles. The van der Waals surface area contributed by atoms with E-state index in [0.29, 0.717) is 17.3 Å². The van der Waals surface area contributed by atoms with Crippen LogP contribution in [0.25, 0.3) is 10.6 Å². The van der Waals surface area contributed by atoms with Gasteiger partial charge in [0.05, 0.1) is 12.4 Å². The number of hydrogen-bond donors (Lipinski definition) is 1. The molecule has 156 valence electrons. The second kappa shape index (κ2) is 9.04. The van der Waals surface area contributed by atoms with Crippen molar-refractivity contribution in [2.45, 2.75) is 25.7 Å². The summed E-state index contributed by atoms with van der Waals surface area (Å²) in [6, 6.07) is 0. The highest BCUT2D eigenvalue weighted by molar-refractivity contribution is 7.16. The highest BCUT2D eigenvalue weighted by Crippen LogP contribution is 2.27. The number of piperazine rings is 1. The molecule has 4 rings (SSSR count). The van der Waals surface area contributed by atoms with E-state index in [-0.39, 0.29) is 11.8 Å². The molecule has 2 amide bonds. The van der Waals surface area contributed by atoms with Crippen LogP contribution in [-0.2, 0) is 11.8 Å². The van der Waals surface area contributed by atoms with Gasteiger partial charge in [0.2, 0.25) is 5.91 Å². The van der Waals surface area contributed by atoms with Crippen LogP contribution in [0.4, 0.5) is 0 Å². The summed E-state index contributed by atoms with van der Waals surface area (Å²) in [7, 11) is 1.86. The number of nitrogens with one attached hydrogen (secondary N) is 1. The van der Waals surface area contributed by atoms with Gasteiger partial charge in [0.25, 0.3) is 5.91 Å². The van der Waals surface area contributed by atoms with Gasteiger partial charge in [0, 0.05) is 64.0 Å². The Balaban J connectivity index is 1.18. The SMILES string of the molecule is Cn1cc(-c2ncc(C(=O)NCCN3CCN(C(=O)C4CCCC4)CC3)s2)cn1. The maximum absolute atomic E-state index is 12.5. The van der Waals surface area contributed by atoms with Gasteiger partial charge in [-0.05, 0) is 12.8 Å². The first kappa shape index (κ1) is 20.0. The summed E-state index contributed by atoms with van der Waals surface area (Å²) in [5, 5.41) is 7.92. The predicted molar refractivity (Wildman–Crippen MR) is 112 cm³/mol. The molecule has 0 spiro atoms. The normalized spacial score (nSPS) is 18.3. The van der Waals surface area contributed by atoms with Crippen molar-refractivity contribution >= 4 is 23.2 Å². The van der Waals surface area contributed by atoms with Crippen LogP contribution in [0.15, 0.2) is 18.6 Å². The van der Waals surface area contributed by atoms with Crippen LogP contribution in [0.2, 0.25) is 0 Å². The summed E-state index contributed by atoms with van der Waals surface area (Å²) in [4.78, 5) is 34.2. The number of rotatable bonds is 6. The van der Waals surface area contributed by atoms with Crippen molar-refractivity contribution in [1.29, 1.82) is 0 Å². The molecule has 3 heterocycles. The lowest BCUT2D eigenvalue weighted by atomic mass is 10.1. The first-order chi connectivity index (χ1) is 14.1. The lowest BCUT2D eigenvalue weighted by Crippen LogP contribution is -2.51. The Morgan fingerprint density at radius 1 is 1.17 bits per heavy atom. The van der Waals surface area contributed by atoms with Crippen LogP contribution in [0, 0.1) is 5.92 Å². The molecule has 0 aromatic carbocycles. The third-order valence-electron chi connectivity index (χ3n) is 5.78. The fourth-order valence-electron chi connectivity index (χ4n) is 4.08. The van der Waals surface area contributed by atoms with E-state index in [9.17, 15) is 9.59 Å². The Hall–Kier alpha value is -2.26. The predicted octanol–water partition coefficient (Wildman–Crippen LogP) is 1.61. The van der Waals surface area contributed by atoms with Crippen LogP contribution in [0.3, 0.4) is 0 Å².